The van der Waals surface area contributed by atoms with Crippen LogP contribution in [-0.2, 0) is 4.79 Å². The lowest BCUT2D eigenvalue weighted by Crippen LogP contribution is -2.51. The number of aliphatic hydroxyl groups excluding tert-OH is 1. The van der Waals surface area contributed by atoms with Gasteiger partial charge >= 0.3 is 0 Å². The van der Waals surface area contributed by atoms with Crippen molar-refractivity contribution in [2.24, 2.45) is 10.8 Å². The molecule has 1 saturated heterocycles. The number of nitrogens with zero attached hydrogens (tertiary/aromatic N) is 1. The van der Waals surface area contributed by atoms with E-state index >= 15 is 0 Å². The van der Waals surface area contributed by atoms with Crippen LogP contribution in [-0.4, -0.2) is 49.2 Å². The minimum Gasteiger partial charge on any atom is -0.396 e. The molecule has 2 N–H and O–H groups in total. The number of rotatable bonds is 4. The average molecular weight is 268 g/mol. The van der Waals surface area contributed by atoms with Crippen LogP contribution in [0.25, 0.3) is 0 Å². The van der Waals surface area contributed by atoms with E-state index in [1.54, 1.807) is 0 Å². The molecule has 1 amide bonds. The first-order valence-electron chi connectivity index (χ1n) is 7.59. The smallest absolute Gasteiger partial charge is 0.229 e. The Balaban J connectivity index is 1.98. The third kappa shape index (κ3) is 3.11. The molecule has 2 rings (SSSR count). The Bertz CT molecular complexity index is 318. The van der Waals surface area contributed by atoms with Crippen molar-refractivity contribution < 1.29 is 9.90 Å². The highest BCUT2D eigenvalue weighted by atomic mass is 16.3. The largest absolute Gasteiger partial charge is 0.396 e. The number of hydrogen-bond acceptors (Lipinski definition) is 3. The number of aliphatic hydroxyl groups is 1. The van der Waals surface area contributed by atoms with Crippen molar-refractivity contribution in [3.63, 3.8) is 0 Å². The first-order valence-corrected chi connectivity index (χ1v) is 7.59. The van der Waals surface area contributed by atoms with Gasteiger partial charge in [0.1, 0.15) is 0 Å². The molecule has 1 saturated carbocycles. The van der Waals surface area contributed by atoms with Crippen LogP contribution in [0.3, 0.4) is 0 Å². The monoisotopic (exact) mass is 268 g/mol. The molecule has 0 aromatic carbocycles. The number of carbonyl (C=O) groups excluding carboxylic acids is 1. The van der Waals surface area contributed by atoms with Crippen LogP contribution in [0, 0.1) is 10.8 Å². The van der Waals surface area contributed by atoms with Crippen molar-refractivity contribution in [2.45, 2.75) is 45.4 Å². The first kappa shape index (κ1) is 14.8. The van der Waals surface area contributed by atoms with Gasteiger partial charge in [0.05, 0.1) is 12.0 Å². The molecule has 19 heavy (non-hydrogen) atoms. The zero-order chi connectivity index (χ0) is 13.9. The fourth-order valence-corrected chi connectivity index (χ4v) is 3.77. The van der Waals surface area contributed by atoms with Crippen molar-refractivity contribution in [3.05, 3.63) is 0 Å². The fraction of sp³-hybridized carbons (Fsp3) is 0.933. The van der Waals surface area contributed by atoms with Gasteiger partial charge in [-0.1, -0.05) is 12.8 Å². The standard InChI is InChI=1S/C15H28N2O2/c1-14(6-5-9-16-10-14)13(19)17(2)11-15(12-18)7-3-4-8-15/h16,18H,3-12H2,1-2H3. The lowest BCUT2D eigenvalue weighted by atomic mass is 9.80. The Morgan fingerprint density at radius 1 is 1.26 bits per heavy atom. The van der Waals surface area contributed by atoms with Crippen molar-refractivity contribution in [1.29, 1.82) is 0 Å². The predicted octanol–water partition coefficient (Wildman–Crippen LogP) is 1.39. The van der Waals surface area contributed by atoms with Crippen molar-refractivity contribution in [2.75, 3.05) is 33.3 Å². The highest BCUT2D eigenvalue weighted by Crippen LogP contribution is 2.39. The topological polar surface area (TPSA) is 52.6 Å². The van der Waals surface area contributed by atoms with Gasteiger partial charge in [-0.25, -0.2) is 0 Å². The minimum atomic E-state index is -0.262. The van der Waals surface area contributed by atoms with E-state index in [4.69, 9.17) is 0 Å². The molecule has 110 valence electrons. The minimum absolute atomic E-state index is 0.0388. The highest BCUT2D eigenvalue weighted by Gasteiger charge is 2.40. The molecule has 1 unspecified atom stereocenters. The molecule has 2 fully saturated rings. The van der Waals surface area contributed by atoms with Crippen molar-refractivity contribution in [1.82, 2.24) is 10.2 Å². The van der Waals surface area contributed by atoms with Crippen LogP contribution in [0.4, 0.5) is 0 Å². The second-order valence-electron chi connectivity index (χ2n) is 6.87. The summed E-state index contributed by atoms with van der Waals surface area (Å²) in [6, 6.07) is 0. The Morgan fingerprint density at radius 2 is 1.95 bits per heavy atom. The van der Waals surface area contributed by atoms with Crippen LogP contribution in [0.1, 0.15) is 45.4 Å². The number of carbonyl (C=O) groups is 1. The van der Waals surface area contributed by atoms with Gasteiger partial charge in [0.15, 0.2) is 0 Å². The maximum Gasteiger partial charge on any atom is 0.229 e. The predicted molar refractivity (Wildman–Crippen MR) is 75.8 cm³/mol. The summed E-state index contributed by atoms with van der Waals surface area (Å²) in [6.07, 6.45) is 6.51. The second kappa shape index (κ2) is 5.80. The molecule has 0 radical (unpaired) electrons. The van der Waals surface area contributed by atoms with E-state index in [-0.39, 0.29) is 23.3 Å². The summed E-state index contributed by atoms with van der Waals surface area (Å²) in [5.41, 5.74) is -0.300. The molecule has 0 spiro atoms. The van der Waals surface area contributed by atoms with Gasteiger partial charge in [0.2, 0.25) is 5.91 Å². The summed E-state index contributed by atoms with van der Waals surface area (Å²) >= 11 is 0. The lowest BCUT2D eigenvalue weighted by Gasteiger charge is -2.39. The van der Waals surface area contributed by atoms with Crippen molar-refractivity contribution >= 4 is 5.91 Å². The average Bonchev–Trinajstić information content (AvgIpc) is 2.88. The van der Waals surface area contributed by atoms with Gasteiger partial charge in [-0.3, -0.25) is 4.79 Å². The summed E-state index contributed by atoms with van der Waals surface area (Å²) in [4.78, 5) is 14.5. The molecule has 0 bridgehead atoms. The highest BCUT2D eigenvalue weighted by molar-refractivity contribution is 5.82. The zero-order valence-corrected chi connectivity index (χ0v) is 12.4. The normalized spacial score (nSPS) is 30.3. The van der Waals surface area contributed by atoms with Gasteiger partial charge < -0.3 is 15.3 Å². The Hall–Kier alpha value is -0.610. The Labute approximate surface area is 116 Å². The molecule has 1 heterocycles. The van der Waals surface area contributed by atoms with Crippen LogP contribution < -0.4 is 5.32 Å². The third-order valence-corrected chi connectivity index (χ3v) is 5.03. The van der Waals surface area contributed by atoms with E-state index in [1.165, 1.54) is 12.8 Å². The van der Waals surface area contributed by atoms with Crippen LogP contribution >= 0.6 is 0 Å². The van der Waals surface area contributed by atoms with E-state index in [0.29, 0.717) is 6.54 Å². The quantitative estimate of drug-likeness (QED) is 0.810. The summed E-state index contributed by atoms with van der Waals surface area (Å²) in [5, 5.41) is 13.0. The van der Waals surface area contributed by atoms with Gasteiger partial charge in [-0.2, -0.15) is 0 Å². The third-order valence-electron chi connectivity index (χ3n) is 5.03. The number of piperidine rings is 1. The van der Waals surface area contributed by atoms with E-state index in [2.05, 4.69) is 12.2 Å². The summed E-state index contributed by atoms with van der Waals surface area (Å²) in [5.74, 6) is 0.236. The van der Waals surface area contributed by atoms with E-state index in [0.717, 1.165) is 38.8 Å². The molecule has 1 atom stereocenters. The number of hydrogen-bond donors (Lipinski definition) is 2. The number of nitrogens with one attached hydrogen (secondary N) is 1. The zero-order valence-electron chi connectivity index (χ0n) is 12.4. The van der Waals surface area contributed by atoms with Gasteiger partial charge in [-0.05, 0) is 39.2 Å². The van der Waals surface area contributed by atoms with Crippen LogP contribution in [0.15, 0.2) is 0 Å². The second-order valence-corrected chi connectivity index (χ2v) is 6.87. The Kier molecular flexibility index (Phi) is 4.51. The SMILES string of the molecule is CN(CC1(CO)CCCC1)C(=O)C1(C)CCCNC1. The summed E-state index contributed by atoms with van der Waals surface area (Å²) in [7, 11) is 1.90. The molecule has 1 aliphatic carbocycles. The van der Waals surface area contributed by atoms with Gasteiger partial charge in [0, 0.05) is 25.6 Å². The van der Waals surface area contributed by atoms with Crippen molar-refractivity contribution in [3.8, 4) is 0 Å². The maximum atomic E-state index is 12.7. The number of amides is 1. The summed E-state index contributed by atoms with van der Waals surface area (Å²) in [6.45, 7) is 4.78. The lowest BCUT2D eigenvalue weighted by molar-refractivity contribution is -0.142. The molecule has 4 nitrogen and oxygen atoms in total. The molecular weight excluding hydrogens is 240 g/mol. The molecule has 2 aliphatic rings. The Morgan fingerprint density at radius 3 is 2.47 bits per heavy atom. The molecule has 1 aliphatic heterocycles. The van der Waals surface area contributed by atoms with E-state index in [1.807, 2.05) is 11.9 Å². The maximum absolute atomic E-state index is 12.7. The first-order chi connectivity index (χ1) is 9.01. The molecular formula is C15H28N2O2. The molecule has 0 aromatic rings. The fourth-order valence-electron chi connectivity index (χ4n) is 3.77. The van der Waals surface area contributed by atoms with Gasteiger partial charge in [-0.15, -0.1) is 0 Å². The van der Waals surface area contributed by atoms with Crippen LogP contribution in [0.2, 0.25) is 0 Å². The molecule has 4 heteroatoms. The van der Waals surface area contributed by atoms with E-state index < -0.39 is 0 Å². The van der Waals surface area contributed by atoms with Crippen LogP contribution in [0.5, 0.6) is 0 Å². The summed E-state index contributed by atoms with van der Waals surface area (Å²) < 4.78 is 0. The van der Waals surface area contributed by atoms with E-state index in [9.17, 15) is 9.90 Å². The van der Waals surface area contributed by atoms with Gasteiger partial charge in [0.25, 0.3) is 0 Å². The molecule has 0 aromatic heterocycles.